The summed E-state index contributed by atoms with van der Waals surface area (Å²) in [5.74, 6) is 1.91. The molecule has 0 saturated heterocycles. The highest BCUT2D eigenvalue weighted by Gasteiger charge is 2.51. The molecule has 61 heavy (non-hydrogen) atoms. The third-order valence-electron chi connectivity index (χ3n) is 12.6. The molecule has 0 unspecified atom stereocenters. The molecule has 2 aliphatic carbocycles. The average Bonchev–Trinajstić information content (AvgIpc) is 3.81. The van der Waals surface area contributed by atoms with E-state index in [2.05, 4.69) is 200 Å². The predicted molar refractivity (Wildman–Crippen MR) is 249 cm³/mol. The van der Waals surface area contributed by atoms with Gasteiger partial charge in [-0.2, -0.15) is 0 Å². The van der Waals surface area contributed by atoms with Gasteiger partial charge in [-0.05, 0) is 90.0 Å². The van der Waals surface area contributed by atoms with Crippen molar-refractivity contribution >= 4 is 0 Å². The molecule has 3 nitrogen and oxygen atoms in total. The smallest absolute Gasteiger partial charge is 0.164 e. The normalized spacial score (nSPS) is 12.7. The van der Waals surface area contributed by atoms with Gasteiger partial charge in [0.05, 0.1) is 5.41 Å². The van der Waals surface area contributed by atoms with Gasteiger partial charge < -0.3 is 0 Å². The highest BCUT2D eigenvalue weighted by molar-refractivity contribution is 5.99. The maximum absolute atomic E-state index is 5.11. The Balaban J connectivity index is 1.02. The SMILES string of the molecule is c1ccc(-c2ccc(-c3nc(-c4ccccc4)nc(-c4ccc(-c5cc6c(cc5-c5ccccc5)-c5ccccc5C65c6ccccc6-c6ccccc65)cc4)n3)cc2)cc1. The molecule has 1 aromatic heterocycles. The van der Waals surface area contributed by atoms with Gasteiger partial charge in [0.1, 0.15) is 0 Å². The highest BCUT2D eigenvalue weighted by Crippen LogP contribution is 2.63. The van der Waals surface area contributed by atoms with E-state index >= 15 is 0 Å². The average molecular weight is 776 g/mol. The summed E-state index contributed by atoms with van der Waals surface area (Å²) in [5, 5.41) is 0. The third kappa shape index (κ3) is 5.55. The van der Waals surface area contributed by atoms with Crippen molar-refractivity contribution in [2.24, 2.45) is 0 Å². The van der Waals surface area contributed by atoms with Crippen LogP contribution >= 0.6 is 0 Å². The number of nitrogens with zero attached hydrogens (tertiary/aromatic N) is 3. The molecule has 0 bridgehead atoms. The lowest BCUT2D eigenvalue weighted by molar-refractivity contribution is 0.794. The second-order valence-electron chi connectivity index (χ2n) is 15.9. The molecular formula is C58H37N3. The molecule has 284 valence electrons. The van der Waals surface area contributed by atoms with Crippen LogP contribution in [-0.4, -0.2) is 15.0 Å². The molecule has 3 heteroatoms. The summed E-state index contributed by atoms with van der Waals surface area (Å²) in [7, 11) is 0. The molecule has 0 N–H and O–H groups in total. The molecule has 12 rings (SSSR count). The van der Waals surface area contributed by atoms with Crippen LogP contribution in [0.4, 0.5) is 0 Å². The number of rotatable bonds is 6. The summed E-state index contributed by atoms with van der Waals surface area (Å²) >= 11 is 0. The largest absolute Gasteiger partial charge is 0.208 e. The van der Waals surface area contributed by atoms with Crippen LogP contribution in [0.2, 0.25) is 0 Å². The van der Waals surface area contributed by atoms with E-state index in [0.717, 1.165) is 27.8 Å². The third-order valence-corrected chi connectivity index (χ3v) is 12.6. The van der Waals surface area contributed by atoms with Crippen LogP contribution in [0.1, 0.15) is 22.3 Å². The fourth-order valence-corrected chi connectivity index (χ4v) is 9.83. The molecule has 0 saturated carbocycles. The number of aromatic nitrogens is 3. The first-order valence-corrected chi connectivity index (χ1v) is 20.9. The van der Waals surface area contributed by atoms with Crippen LogP contribution in [0.5, 0.6) is 0 Å². The molecule has 1 spiro atoms. The molecular weight excluding hydrogens is 739 g/mol. The van der Waals surface area contributed by atoms with Gasteiger partial charge in [-0.25, -0.2) is 15.0 Å². The van der Waals surface area contributed by atoms with Crippen LogP contribution < -0.4 is 0 Å². The van der Waals surface area contributed by atoms with E-state index in [-0.39, 0.29) is 0 Å². The minimum atomic E-state index is -0.433. The first kappa shape index (κ1) is 35.0. The van der Waals surface area contributed by atoms with Crippen LogP contribution in [0, 0.1) is 0 Å². The zero-order chi connectivity index (χ0) is 40.3. The molecule has 9 aromatic carbocycles. The van der Waals surface area contributed by atoms with Gasteiger partial charge in [0, 0.05) is 16.7 Å². The van der Waals surface area contributed by atoms with Crippen molar-refractivity contribution in [1.29, 1.82) is 0 Å². The van der Waals surface area contributed by atoms with E-state index in [0.29, 0.717) is 17.5 Å². The Labute approximate surface area is 355 Å². The van der Waals surface area contributed by atoms with Gasteiger partial charge in [-0.15, -0.1) is 0 Å². The number of hydrogen-bond acceptors (Lipinski definition) is 3. The van der Waals surface area contributed by atoms with E-state index in [1.165, 1.54) is 66.8 Å². The van der Waals surface area contributed by atoms with Gasteiger partial charge in [-0.3, -0.25) is 0 Å². The zero-order valence-electron chi connectivity index (χ0n) is 33.2. The summed E-state index contributed by atoms with van der Waals surface area (Å²) in [5.41, 5.74) is 19.9. The first-order valence-electron chi connectivity index (χ1n) is 20.9. The first-order chi connectivity index (χ1) is 30.2. The number of benzene rings is 9. The standard InChI is InChI=1S/C58H37N3/c1-4-16-38(17-5-1)39-28-32-43(33-29-39)56-59-55(42-20-8-3-9-21-42)60-57(61-56)44-34-30-41(31-35-44)49-37-54-50(36-48(49)40-18-6-2-7-19-40)47-24-12-15-27-53(47)58(54)51-25-13-10-22-45(51)46-23-11-14-26-52(46)58/h1-37H. The molecule has 0 atom stereocenters. The van der Waals surface area contributed by atoms with Crippen molar-refractivity contribution in [3.63, 3.8) is 0 Å². The Kier molecular flexibility index (Phi) is 8.07. The Morgan fingerprint density at radius 3 is 1.02 bits per heavy atom. The van der Waals surface area contributed by atoms with Crippen molar-refractivity contribution in [3.05, 3.63) is 247 Å². The molecule has 0 fully saturated rings. The number of hydrogen-bond donors (Lipinski definition) is 0. The van der Waals surface area contributed by atoms with Crippen LogP contribution in [0.25, 0.3) is 89.8 Å². The summed E-state index contributed by atoms with van der Waals surface area (Å²) in [4.78, 5) is 15.2. The maximum Gasteiger partial charge on any atom is 0.164 e. The lowest BCUT2D eigenvalue weighted by Crippen LogP contribution is -2.25. The molecule has 0 radical (unpaired) electrons. The van der Waals surface area contributed by atoms with E-state index in [9.17, 15) is 0 Å². The monoisotopic (exact) mass is 775 g/mol. The maximum atomic E-state index is 5.11. The Morgan fingerprint density at radius 2 is 0.525 bits per heavy atom. The van der Waals surface area contributed by atoms with Crippen molar-refractivity contribution in [2.45, 2.75) is 5.41 Å². The predicted octanol–water partition coefficient (Wildman–Crippen LogP) is 14.2. The Bertz CT molecular complexity index is 3220. The van der Waals surface area contributed by atoms with Crippen molar-refractivity contribution in [2.75, 3.05) is 0 Å². The molecule has 1 heterocycles. The van der Waals surface area contributed by atoms with Crippen LogP contribution in [0.15, 0.2) is 224 Å². The summed E-state index contributed by atoms with van der Waals surface area (Å²) in [6.07, 6.45) is 0. The van der Waals surface area contributed by atoms with Gasteiger partial charge in [-0.1, -0.05) is 212 Å². The van der Waals surface area contributed by atoms with E-state index in [1.54, 1.807) is 0 Å². The molecule has 2 aliphatic rings. The van der Waals surface area contributed by atoms with Gasteiger partial charge in [0.25, 0.3) is 0 Å². The Morgan fingerprint density at radius 1 is 0.213 bits per heavy atom. The molecule has 10 aromatic rings. The van der Waals surface area contributed by atoms with Gasteiger partial charge >= 0.3 is 0 Å². The van der Waals surface area contributed by atoms with Crippen LogP contribution in [0.3, 0.4) is 0 Å². The lowest BCUT2D eigenvalue weighted by Gasteiger charge is -2.31. The summed E-state index contributed by atoms with van der Waals surface area (Å²) < 4.78 is 0. The second kappa shape index (κ2) is 14.1. The van der Waals surface area contributed by atoms with Gasteiger partial charge in [0.15, 0.2) is 17.5 Å². The van der Waals surface area contributed by atoms with Gasteiger partial charge in [0.2, 0.25) is 0 Å². The van der Waals surface area contributed by atoms with Crippen molar-refractivity contribution in [1.82, 2.24) is 15.0 Å². The second-order valence-corrected chi connectivity index (χ2v) is 15.9. The quantitative estimate of drug-likeness (QED) is 0.169. The van der Waals surface area contributed by atoms with E-state index < -0.39 is 5.41 Å². The fourth-order valence-electron chi connectivity index (χ4n) is 9.83. The van der Waals surface area contributed by atoms with E-state index in [4.69, 9.17) is 15.0 Å². The highest BCUT2D eigenvalue weighted by atomic mass is 15.0. The summed E-state index contributed by atoms with van der Waals surface area (Å²) in [6.45, 7) is 0. The molecule has 0 aliphatic heterocycles. The van der Waals surface area contributed by atoms with Crippen LogP contribution in [-0.2, 0) is 5.41 Å². The molecule has 0 amide bonds. The topological polar surface area (TPSA) is 38.7 Å². The zero-order valence-corrected chi connectivity index (χ0v) is 33.2. The number of fused-ring (bicyclic) bond motifs is 10. The fraction of sp³-hybridized carbons (Fsp3) is 0.0172. The minimum absolute atomic E-state index is 0.433. The van der Waals surface area contributed by atoms with Crippen molar-refractivity contribution in [3.8, 4) is 89.8 Å². The minimum Gasteiger partial charge on any atom is -0.208 e. The van der Waals surface area contributed by atoms with E-state index in [1.807, 2.05) is 24.3 Å². The Hall–Kier alpha value is -8.01. The summed E-state index contributed by atoms with van der Waals surface area (Å²) in [6, 6.07) is 80.6. The van der Waals surface area contributed by atoms with Crippen molar-refractivity contribution < 1.29 is 0 Å². The lowest BCUT2D eigenvalue weighted by atomic mass is 9.70.